The van der Waals surface area contributed by atoms with Crippen molar-refractivity contribution >= 4 is 34.8 Å². The molecule has 2 aromatic rings. The molecule has 2 N–H and O–H groups in total. The summed E-state index contributed by atoms with van der Waals surface area (Å²) in [5.41, 5.74) is 0.714. The molecule has 2 atom stereocenters. The summed E-state index contributed by atoms with van der Waals surface area (Å²) in [5.74, 6) is -2.21. The highest BCUT2D eigenvalue weighted by atomic mass is 35.5. The minimum absolute atomic E-state index is 0.00552. The molecule has 0 radical (unpaired) electrons. The topological polar surface area (TPSA) is 112 Å². The van der Waals surface area contributed by atoms with Gasteiger partial charge in [-0.3, -0.25) is 14.6 Å². The summed E-state index contributed by atoms with van der Waals surface area (Å²) in [6.45, 7) is 0. The van der Waals surface area contributed by atoms with Crippen molar-refractivity contribution in [1.29, 1.82) is 0 Å². The van der Waals surface area contributed by atoms with Gasteiger partial charge >= 0.3 is 5.97 Å². The Labute approximate surface area is 141 Å². The van der Waals surface area contributed by atoms with Crippen LogP contribution in [0.2, 0.25) is 0 Å². The van der Waals surface area contributed by atoms with Crippen molar-refractivity contribution in [3.8, 4) is 0 Å². The number of rotatable bonds is 4. The van der Waals surface area contributed by atoms with E-state index < -0.39 is 29.0 Å². The molecule has 7 nitrogen and oxygen atoms in total. The molecule has 0 amide bonds. The molecule has 0 spiro atoms. The Kier molecular flexibility index (Phi) is 4.26. The number of carbonyl (C=O) groups excluding carboxylic acids is 2. The van der Waals surface area contributed by atoms with Crippen molar-refractivity contribution in [2.24, 2.45) is 4.99 Å². The minimum Gasteiger partial charge on any atom is -0.480 e. The number of alkyl halides is 1. The molecule has 3 rings (SSSR count). The van der Waals surface area contributed by atoms with Gasteiger partial charge in [0, 0.05) is 29.4 Å². The number of carboxylic acids is 1. The highest BCUT2D eigenvalue weighted by Crippen LogP contribution is 2.24. The van der Waals surface area contributed by atoms with E-state index in [1.165, 1.54) is 24.7 Å². The van der Waals surface area contributed by atoms with Gasteiger partial charge in [0.25, 0.3) is 0 Å². The standard InChI is InChI=1S/C16H12ClN3O4/c17-12-13(15(22)10-4-2-1-3-9(10)14(12)21)20-11(16(23)24)5-8-6-18-7-19-8/h1-4,6-7,11-12H,5H2,(H,18,19)(H,23,24)/t11-,12?/m0/s1. The smallest absolute Gasteiger partial charge is 0.328 e. The number of aliphatic carboxylic acids is 1. The quantitative estimate of drug-likeness (QED) is 0.816. The molecule has 8 heteroatoms. The van der Waals surface area contributed by atoms with Gasteiger partial charge in [-0.25, -0.2) is 9.78 Å². The number of aromatic amines is 1. The Morgan fingerprint density at radius 1 is 1.33 bits per heavy atom. The van der Waals surface area contributed by atoms with Crippen LogP contribution in [0.25, 0.3) is 0 Å². The Morgan fingerprint density at radius 2 is 2.04 bits per heavy atom. The molecule has 24 heavy (non-hydrogen) atoms. The zero-order chi connectivity index (χ0) is 17.3. The van der Waals surface area contributed by atoms with Gasteiger partial charge in [-0.2, -0.15) is 0 Å². The molecule has 0 saturated carbocycles. The number of Topliss-reactive ketones (excluding diaryl/α,β-unsaturated/α-hetero) is 2. The highest BCUT2D eigenvalue weighted by Gasteiger charge is 2.38. The highest BCUT2D eigenvalue weighted by molar-refractivity contribution is 6.64. The number of carboxylic acid groups (broad SMARTS) is 1. The number of benzene rings is 1. The van der Waals surface area contributed by atoms with Crippen molar-refractivity contribution in [2.75, 3.05) is 0 Å². The number of nitrogens with zero attached hydrogens (tertiary/aromatic N) is 2. The molecule has 1 aliphatic carbocycles. The van der Waals surface area contributed by atoms with Crippen molar-refractivity contribution < 1.29 is 19.5 Å². The van der Waals surface area contributed by atoms with E-state index in [0.29, 0.717) is 5.69 Å². The number of hydrogen-bond donors (Lipinski definition) is 2. The fraction of sp³-hybridized carbons (Fsp3) is 0.188. The number of carbonyl (C=O) groups is 3. The third kappa shape index (κ3) is 2.85. The van der Waals surface area contributed by atoms with Crippen LogP contribution in [0.3, 0.4) is 0 Å². The maximum Gasteiger partial charge on any atom is 0.328 e. The van der Waals surface area contributed by atoms with E-state index in [1.807, 2.05) is 0 Å². The first-order chi connectivity index (χ1) is 11.5. The third-order valence-electron chi connectivity index (χ3n) is 3.69. The van der Waals surface area contributed by atoms with Crippen molar-refractivity contribution in [1.82, 2.24) is 9.97 Å². The third-order valence-corrected chi connectivity index (χ3v) is 4.09. The fourth-order valence-corrected chi connectivity index (χ4v) is 2.77. The normalized spacial score (nSPS) is 20.0. The predicted molar refractivity (Wildman–Crippen MR) is 85.9 cm³/mol. The predicted octanol–water partition coefficient (Wildman–Crippen LogP) is 1.53. The van der Waals surface area contributed by atoms with Crippen LogP contribution in [0.4, 0.5) is 0 Å². The van der Waals surface area contributed by atoms with Gasteiger partial charge in [-0.1, -0.05) is 24.3 Å². The zero-order valence-electron chi connectivity index (χ0n) is 12.3. The van der Waals surface area contributed by atoms with Gasteiger partial charge in [-0.15, -0.1) is 11.6 Å². The number of H-pyrrole nitrogens is 1. The molecule has 1 aliphatic rings. The molecule has 1 heterocycles. The summed E-state index contributed by atoms with van der Waals surface area (Å²) in [6.07, 6.45) is 2.89. The summed E-state index contributed by atoms with van der Waals surface area (Å²) < 4.78 is 0. The molecule has 0 saturated heterocycles. The fourth-order valence-electron chi connectivity index (χ4n) is 2.49. The van der Waals surface area contributed by atoms with Crippen LogP contribution in [-0.2, 0) is 11.2 Å². The van der Waals surface area contributed by atoms with E-state index in [1.54, 1.807) is 12.1 Å². The maximum absolute atomic E-state index is 12.6. The van der Waals surface area contributed by atoms with Crippen LogP contribution in [0.15, 0.2) is 41.8 Å². The largest absolute Gasteiger partial charge is 0.480 e. The lowest BCUT2D eigenvalue weighted by Gasteiger charge is -2.21. The number of hydrogen-bond acceptors (Lipinski definition) is 5. The van der Waals surface area contributed by atoms with E-state index in [4.69, 9.17) is 11.6 Å². The first kappa shape index (κ1) is 16.1. The van der Waals surface area contributed by atoms with Crippen LogP contribution in [0, 0.1) is 0 Å². The molecule has 0 bridgehead atoms. The molecule has 0 fully saturated rings. The van der Waals surface area contributed by atoms with Crippen LogP contribution in [0.5, 0.6) is 0 Å². The van der Waals surface area contributed by atoms with Crippen LogP contribution >= 0.6 is 11.6 Å². The van der Waals surface area contributed by atoms with E-state index in [0.717, 1.165) is 0 Å². The lowest BCUT2D eigenvalue weighted by atomic mass is 9.87. The number of ketones is 2. The maximum atomic E-state index is 12.6. The Balaban J connectivity index is 2.00. The first-order valence-corrected chi connectivity index (χ1v) is 7.52. The number of nitrogens with one attached hydrogen (secondary N) is 1. The van der Waals surface area contributed by atoms with Gasteiger partial charge in [0.1, 0.15) is 11.1 Å². The van der Waals surface area contributed by atoms with Gasteiger partial charge < -0.3 is 10.1 Å². The van der Waals surface area contributed by atoms with Gasteiger partial charge in [-0.05, 0) is 0 Å². The average Bonchev–Trinajstić information content (AvgIpc) is 3.08. The number of fused-ring (bicyclic) bond motifs is 1. The second-order valence-corrected chi connectivity index (χ2v) is 5.69. The SMILES string of the molecule is O=C1C(=N[C@@H](Cc2cnc[nH]2)C(=O)O)C(Cl)C(=O)c2ccccc21. The van der Waals surface area contributed by atoms with Gasteiger partial charge in [0.15, 0.2) is 11.8 Å². The second-order valence-electron chi connectivity index (χ2n) is 5.25. The lowest BCUT2D eigenvalue weighted by Crippen LogP contribution is -2.40. The Morgan fingerprint density at radius 3 is 2.67 bits per heavy atom. The van der Waals surface area contributed by atoms with Gasteiger partial charge in [0.2, 0.25) is 5.78 Å². The van der Waals surface area contributed by atoms with Crippen LogP contribution in [0.1, 0.15) is 26.4 Å². The molecular weight excluding hydrogens is 334 g/mol. The van der Waals surface area contributed by atoms with Crippen molar-refractivity contribution in [3.63, 3.8) is 0 Å². The minimum atomic E-state index is -1.30. The van der Waals surface area contributed by atoms with Crippen molar-refractivity contribution in [2.45, 2.75) is 17.8 Å². The second kappa shape index (κ2) is 6.37. The number of aromatic nitrogens is 2. The molecule has 1 unspecified atom stereocenters. The Hall–Kier alpha value is -2.80. The molecule has 122 valence electrons. The van der Waals surface area contributed by atoms with Crippen molar-refractivity contribution in [3.05, 3.63) is 53.6 Å². The molecule has 1 aromatic heterocycles. The van der Waals surface area contributed by atoms with Gasteiger partial charge in [0.05, 0.1) is 6.33 Å². The van der Waals surface area contributed by atoms with E-state index in [-0.39, 0.29) is 23.3 Å². The monoisotopic (exact) mass is 345 g/mol. The Bertz CT molecular complexity index is 845. The summed E-state index contributed by atoms with van der Waals surface area (Å²) >= 11 is 6.07. The number of halogens is 1. The molecular formula is C16H12ClN3O4. The van der Waals surface area contributed by atoms with E-state index >= 15 is 0 Å². The van der Waals surface area contributed by atoms with E-state index in [2.05, 4.69) is 15.0 Å². The zero-order valence-corrected chi connectivity index (χ0v) is 13.0. The number of imidazole rings is 1. The number of aliphatic imine (C=N–C) groups is 1. The summed E-state index contributed by atoms with van der Waals surface area (Å²) in [6, 6.07) is 5.02. The molecule has 0 aliphatic heterocycles. The first-order valence-electron chi connectivity index (χ1n) is 7.08. The van der Waals surface area contributed by atoms with Crippen LogP contribution in [-0.4, -0.2) is 49.7 Å². The average molecular weight is 346 g/mol. The summed E-state index contributed by atoms with van der Waals surface area (Å²) in [7, 11) is 0. The van der Waals surface area contributed by atoms with Crippen LogP contribution < -0.4 is 0 Å². The summed E-state index contributed by atoms with van der Waals surface area (Å²) in [4.78, 5) is 46.9. The molecule has 1 aromatic carbocycles. The summed E-state index contributed by atoms with van der Waals surface area (Å²) in [5, 5.41) is 8.06. The van der Waals surface area contributed by atoms with E-state index in [9.17, 15) is 19.5 Å². The lowest BCUT2D eigenvalue weighted by molar-refractivity contribution is -0.138.